The van der Waals surface area contributed by atoms with Gasteiger partial charge in [0.15, 0.2) is 10.8 Å². The van der Waals surface area contributed by atoms with Crippen molar-refractivity contribution < 1.29 is 0 Å². The summed E-state index contributed by atoms with van der Waals surface area (Å²) in [6.07, 6.45) is 0. The molecule has 4 heteroatoms. The Morgan fingerprint density at radius 2 is 1.04 bits per heavy atom. The lowest BCUT2D eigenvalue weighted by Crippen LogP contribution is -2.05. The molecule has 0 heterocycles. The van der Waals surface area contributed by atoms with Crippen LogP contribution in [0.1, 0.15) is 11.5 Å². The van der Waals surface area contributed by atoms with Gasteiger partial charge in [-0.15, -0.1) is 0 Å². The number of benzene rings is 2. The number of hydrogen-bond acceptors (Lipinski definition) is 4. The molecular weight excluding hydrogens is 284 g/mol. The fourth-order valence-corrected chi connectivity index (χ4v) is 3.13. The highest BCUT2D eigenvalue weighted by atomic mass is 14.8. The van der Waals surface area contributed by atoms with E-state index in [0.29, 0.717) is 5.56 Å². The minimum atomic E-state index is -1.59. The zero-order chi connectivity index (χ0) is 16.5. The highest BCUT2D eigenvalue weighted by molar-refractivity contribution is 5.65. The fraction of sp³-hybridized carbons (Fsp3) is 0.158. The molecule has 0 aromatic heterocycles. The van der Waals surface area contributed by atoms with Crippen LogP contribution in [0.4, 0.5) is 0 Å². The molecule has 106 valence electrons. The molecule has 0 radical (unpaired) electrons. The van der Waals surface area contributed by atoms with Gasteiger partial charge in [-0.3, -0.25) is 0 Å². The van der Waals surface area contributed by atoms with Crippen molar-refractivity contribution in [2.75, 3.05) is 0 Å². The average molecular weight is 294 g/mol. The Kier molecular flexibility index (Phi) is 3.11. The SMILES string of the molecule is N#CC1(C#N)C(c2ccc(-c3ccccc3)cc2)C1(C#N)C#N. The van der Waals surface area contributed by atoms with Crippen LogP contribution in [0, 0.1) is 56.2 Å². The molecule has 2 aromatic carbocycles. The van der Waals surface area contributed by atoms with E-state index in [4.69, 9.17) is 0 Å². The van der Waals surface area contributed by atoms with E-state index in [1.165, 1.54) is 0 Å². The van der Waals surface area contributed by atoms with Crippen LogP contribution in [0.5, 0.6) is 0 Å². The first-order chi connectivity index (χ1) is 11.2. The lowest BCUT2D eigenvalue weighted by molar-refractivity contribution is 0.727. The number of nitriles is 4. The van der Waals surface area contributed by atoms with Gasteiger partial charge < -0.3 is 0 Å². The van der Waals surface area contributed by atoms with Crippen molar-refractivity contribution in [3.63, 3.8) is 0 Å². The molecule has 2 aromatic rings. The second kappa shape index (κ2) is 4.99. The molecule has 23 heavy (non-hydrogen) atoms. The summed E-state index contributed by atoms with van der Waals surface area (Å²) in [6, 6.07) is 24.6. The van der Waals surface area contributed by atoms with E-state index in [9.17, 15) is 21.0 Å². The second-order valence-electron chi connectivity index (χ2n) is 5.48. The van der Waals surface area contributed by atoms with Gasteiger partial charge in [0.1, 0.15) is 0 Å². The number of nitrogens with zero attached hydrogens (tertiary/aromatic N) is 4. The van der Waals surface area contributed by atoms with Crippen LogP contribution < -0.4 is 0 Å². The van der Waals surface area contributed by atoms with Crippen molar-refractivity contribution in [3.05, 3.63) is 60.2 Å². The first-order valence-electron chi connectivity index (χ1n) is 6.99. The number of hydrogen-bond donors (Lipinski definition) is 0. The fourth-order valence-electron chi connectivity index (χ4n) is 3.13. The van der Waals surface area contributed by atoms with Gasteiger partial charge in [-0.2, -0.15) is 21.0 Å². The summed E-state index contributed by atoms with van der Waals surface area (Å²) in [7, 11) is 0. The van der Waals surface area contributed by atoms with Crippen LogP contribution in [0.15, 0.2) is 54.6 Å². The van der Waals surface area contributed by atoms with Gasteiger partial charge in [0.2, 0.25) is 0 Å². The standard InChI is InChI=1S/C19H10N4/c20-10-18(11-21)17(19(18,12-22)13-23)16-8-6-15(7-9-16)14-4-2-1-3-5-14/h1-9,17H. The Balaban J connectivity index is 2.02. The largest absolute Gasteiger partial charge is 0.196 e. The quantitative estimate of drug-likeness (QED) is 0.846. The smallest absolute Gasteiger partial charge is 0.185 e. The minimum absolute atomic E-state index is 0.663. The van der Waals surface area contributed by atoms with E-state index in [-0.39, 0.29) is 0 Å². The van der Waals surface area contributed by atoms with E-state index in [0.717, 1.165) is 11.1 Å². The molecule has 0 unspecified atom stereocenters. The highest BCUT2D eigenvalue weighted by Crippen LogP contribution is 2.73. The van der Waals surface area contributed by atoms with Crippen molar-refractivity contribution in [2.24, 2.45) is 10.8 Å². The molecule has 0 N–H and O–H groups in total. The van der Waals surface area contributed by atoms with Crippen molar-refractivity contribution in [2.45, 2.75) is 5.92 Å². The van der Waals surface area contributed by atoms with Crippen molar-refractivity contribution in [1.29, 1.82) is 21.0 Å². The minimum Gasteiger partial charge on any atom is -0.196 e. The second-order valence-corrected chi connectivity index (χ2v) is 5.48. The average Bonchev–Trinajstić information content (AvgIpc) is 3.25. The van der Waals surface area contributed by atoms with Crippen molar-refractivity contribution in [1.82, 2.24) is 0 Å². The molecule has 0 spiro atoms. The monoisotopic (exact) mass is 294 g/mol. The lowest BCUT2D eigenvalue weighted by atomic mass is 9.98. The summed E-state index contributed by atoms with van der Waals surface area (Å²) >= 11 is 0. The summed E-state index contributed by atoms with van der Waals surface area (Å²) in [5.41, 5.74) is -0.478. The highest BCUT2D eigenvalue weighted by Gasteiger charge is 2.81. The molecule has 3 rings (SSSR count). The Bertz CT molecular complexity index is 849. The first-order valence-corrected chi connectivity index (χ1v) is 6.99. The van der Waals surface area contributed by atoms with E-state index in [1.807, 2.05) is 66.7 Å². The zero-order valence-corrected chi connectivity index (χ0v) is 12.1. The van der Waals surface area contributed by atoms with Gasteiger partial charge in [0.05, 0.1) is 30.2 Å². The molecule has 0 aliphatic heterocycles. The van der Waals surface area contributed by atoms with Gasteiger partial charge in [-0.1, -0.05) is 54.6 Å². The third-order valence-corrected chi connectivity index (χ3v) is 4.46. The number of rotatable bonds is 2. The summed E-state index contributed by atoms with van der Waals surface area (Å²) in [6.45, 7) is 0. The van der Waals surface area contributed by atoms with Gasteiger partial charge in [0.25, 0.3) is 0 Å². The molecule has 1 saturated carbocycles. The third-order valence-electron chi connectivity index (χ3n) is 4.46. The molecule has 4 nitrogen and oxygen atoms in total. The lowest BCUT2D eigenvalue weighted by Gasteiger charge is -2.04. The maximum absolute atomic E-state index is 9.34. The molecule has 0 saturated heterocycles. The molecule has 0 bridgehead atoms. The molecular formula is C19H10N4. The predicted octanol–water partition coefficient (Wildman–Crippen LogP) is 3.52. The normalized spacial score (nSPS) is 17.0. The molecule has 1 fully saturated rings. The van der Waals surface area contributed by atoms with Crippen LogP contribution >= 0.6 is 0 Å². The van der Waals surface area contributed by atoms with Gasteiger partial charge in [0, 0.05) is 0 Å². The van der Waals surface area contributed by atoms with Gasteiger partial charge >= 0.3 is 0 Å². The van der Waals surface area contributed by atoms with Crippen LogP contribution in [-0.2, 0) is 0 Å². The maximum Gasteiger partial charge on any atom is 0.185 e. The van der Waals surface area contributed by atoms with Crippen molar-refractivity contribution >= 4 is 0 Å². The predicted molar refractivity (Wildman–Crippen MR) is 81.9 cm³/mol. The summed E-state index contributed by atoms with van der Waals surface area (Å²) in [5.74, 6) is -0.704. The molecule has 0 atom stereocenters. The Morgan fingerprint density at radius 1 is 0.609 bits per heavy atom. The van der Waals surface area contributed by atoms with Crippen LogP contribution in [0.3, 0.4) is 0 Å². The summed E-state index contributed by atoms with van der Waals surface area (Å²) in [4.78, 5) is 0. The van der Waals surface area contributed by atoms with Gasteiger partial charge in [-0.25, -0.2) is 0 Å². The first kappa shape index (κ1) is 14.3. The topological polar surface area (TPSA) is 95.2 Å². The summed E-state index contributed by atoms with van der Waals surface area (Å²) < 4.78 is 0. The van der Waals surface area contributed by atoms with E-state index < -0.39 is 16.7 Å². The van der Waals surface area contributed by atoms with Crippen LogP contribution in [0.2, 0.25) is 0 Å². The summed E-state index contributed by atoms with van der Waals surface area (Å²) in [5, 5.41) is 37.4. The third kappa shape index (κ3) is 1.74. The maximum atomic E-state index is 9.34. The van der Waals surface area contributed by atoms with E-state index in [1.54, 1.807) is 12.1 Å². The van der Waals surface area contributed by atoms with Crippen LogP contribution in [0.25, 0.3) is 11.1 Å². The molecule has 0 amide bonds. The van der Waals surface area contributed by atoms with Crippen molar-refractivity contribution in [3.8, 4) is 35.4 Å². The van der Waals surface area contributed by atoms with E-state index in [2.05, 4.69) is 0 Å². The van der Waals surface area contributed by atoms with E-state index >= 15 is 0 Å². The van der Waals surface area contributed by atoms with Gasteiger partial charge in [-0.05, 0) is 16.7 Å². The molecule has 1 aliphatic rings. The Hall–Kier alpha value is -3.60. The Labute approximate surface area is 134 Å². The van der Waals surface area contributed by atoms with Crippen LogP contribution in [-0.4, -0.2) is 0 Å². The zero-order valence-electron chi connectivity index (χ0n) is 12.1. The Morgan fingerprint density at radius 3 is 1.48 bits per heavy atom. The molecule has 1 aliphatic carbocycles.